The minimum absolute atomic E-state index is 0.144. The topological polar surface area (TPSA) is 52.7 Å². The minimum atomic E-state index is 0.144. The highest BCUT2D eigenvalue weighted by molar-refractivity contribution is 6.14. The molecule has 5 nitrogen and oxygen atoms in total. The average molecular weight is 296 g/mol. The van der Waals surface area contributed by atoms with E-state index in [0.29, 0.717) is 5.92 Å². The molecule has 3 rings (SSSR count). The van der Waals surface area contributed by atoms with Gasteiger partial charge >= 0.3 is 0 Å². The highest BCUT2D eigenvalue weighted by atomic mass is 16.1. The first-order valence-electron chi connectivity index (χ1n) is 7.44. The summed E-state index contributed by atoms with van der Waals surface area (Å²) in [5.41, 5.74) is 3.67. The number of Topliss-reactive ketones (excluding diaryl/α,β-unsaturated/α-hetero) is 1. The number of rotatable bonds is 2. The van der Waals surface area contributed by atoms with E-state index in [1.165, 1.54) is 0 Å². The first-order chi connectivity index (χ1) is 10.5. The molecule has 0 bridgehead atoms. The second-order valence-electron chi connectivity index (χ2n) is 6.08. The van der Waals surface area contributed by atoms with Crippen LogP contribution in [-0.2, 0) is 18.9 Å². The quantitative estimate of drug-likeness (QED) is 0.801. The number of ketones is 1. The summed E-state index contributed by atoms with van der Waals surface area (Å²) >= 11 is 0. The predicted molar refractivity (Wildman–Crippen MR) is 85.8 cm³/mol. The summed E-state index contributed by atoms with van der Waals surface area (Å²) in [7, 11) is 3.75. The van der Waals surface area contributed by atoms with Crippen LogP contribution in [-0.4, -0.2) is 25.3 Å². The van der Waals surface area contributed by atoms with Gasteiger partial charge in [-0.1, -0.05) is 6.92 Å². The van der Waals surface area contributed by atoms with E-state index < -0.39 is 0 Å². The smallest absolute Gasteiger partial charge is 0.185 e. The number of nitrogens with zero attached hydrogens (tertiary/aromatic N) is 4. The lowest BCUT2D eigenvalue weighted by Crippen LogP contribution is -2.18. The van der Waals surface area contributed by atoms with Gasteiger partial charge in [-0.25, -0.2) is 0 Å². The Balaban J connectivity index is 1.91. The van der Waals surface area contributed by atoms with Crippen molar-refractivity contribution in [3.8, 4) is 0 Å². The molecule has 1 unspecified atom stereocenters. The van der Waals surface area contributed by atoms with Crippen molar-refractivity contribution in [2.75, 3.05) is 0 Å². The minimum Gasteiger partial charge on any atom is -0.289 e. The fraction of sp³-hybridized carbons (Fsp3) is 0.353. The van der Waals surface area contributed by atoms with Gasteiger partial charge in [-0.15, -0.1) is 0 Å². The Morgan fingerprint density at radius 1 is 1.00 bits per heavy atom. The third-order valence-electron chi connectivity index (χ3n) is 3.85. The van der Waals surface area contributed by atoms with Gasteiger partial charge in [0.1, 0.15) is 0 Å². The first kappa shape index (κ1) is 14.5. The van der Waals surface area contributed by atoms with E-state index in [4.69, 9.17) is 0 Å². The molecular formula is C17H20N4O. The Bertz CT molecular complexity index is 701. The van der Waals surface area contributed by atoms with E-state index in [0.717, 1.165) is 35.1 Å². The SMILES string of the molecule is CC1C/C(=C/c2cnn(C)c2)C(=O)/C(=C/c2cnn(C)c2)C1. The van der Waals surface area contributed by atoms with Crippen molar-refractivity contribution in [3.63, 3.8) is 0 Å². The molecule has 1 aliphatic carbocycles. The predicted octanol–water partition coefficient (Wildman–Crippen LogP) is 2.62. The molecule has 0 aliphatic heterocycles. The van der Waals surface area contributed by atoms with Crippen LogP contribution >= 0.6 is 0 Å². The van der Waals surface area contributed by atoms with Crippen LogP contribution in [0.2, 0.25) is 0 Å². The zero-order valence-electron chi connectivity index (χ0n) is 13.2. The Labute approximate surface area is 129 Å². The largest absolute Gasteiger partial charge is 0.289 e. The summed E-state index contributed by atoms with van der Waals surface area (Å²) in [5.74, 6) is 0.606. The molecular weight excluding hydrogens is 276 g/mol. The molecule has 0 spiro atoms. The Kier molecular flexibility index (Phi) is 3.79. The van der Waals surface area contributed by atoms with Crippen molar-refractivity contribution >= 4 is 17.9 Å². The maximum absolute atomic E-state index is 12.7. The zero-order chi connectivity index (χ0) is 15.7. The number of allylic oxidation sites excluding steroid dienone is 2. The molecule has 1 saturated carbocycles. The molecule has 2 heterocycles. The van der Waals surface area contributed by atoms with E-state index in [1.54, 1.807) is 21.8 Å². The summed E-state index contributed by atoms with van der Waals surface area (Å²) in [6.45, 7) is 2.18. The van der Waals surface area contributed by atoms with Crippen LogP contribution < -0.4 is 0 Å². The van der Waals surface area contributed by atoms with Crippen LogP contribution in [0, 0.1) is 5.92 Å². The number of aromatic nitrogens is 4. The lowest BCUT2D eigenvalue weighted by Gasteiger charge is -2.22. The van der Waals surface area contributed by atoms with E-state index in [1.807, 2.05) is 38.6 Å². The summed E-state index contributed by atoms with van der Waals surface area (Å²) < 4.78 is 3.49. The van der Waals surface area contributed by atoms with Gasteiger partial charge in [0.05, 0.1) is 12.4 Å². The van der Waals surface area contributed by atoms with Crippen LogP contribution in [0.4, 0.5) is 0 Å². The van der Waals surface area contributed by atoms with Crippen molar-refractivity contribution in [1.29, 1.82) is 0 Å². The number of carbonyl (C=O) groups is 1. The molecule has 5 heteroatoms. The second-order valence-corrected chi connectivity index (χ2v) is 6.08. The number of hydrogen-bond acceptors (Lipinski definition) is 3. The van der Waals surface area contributed by atoms with Gasteiger partial charge in [0.25, 0.3) is 0 Å². The summed E-state index contributed by atoms with van der Waals surface area (Å²) in [6, 6.07) is 0. The molecule has 0 saturated heterocycles. The first-order valence-corrected chi connectivity index (χ1v) is 7.44. The monoisotopic (exact) mass is 296 g/mol. The van der Waals surface area contributed by atoms with Crippen molar-refractivity contribution in [1.82, 2.24) is 19.6 Å². The van der Waals surface area contributed by atoms with E-state index in [2.05, 4.69) is 17.1 Å². The molecule has 114 valence electrons. The Morgan fingerprint density at radius 2 is 1.45 bits per heavy atom. The van der Waals surface area contributed by atoms with Gasteiger partial charge in [-0.2, -0.15) is 10.2 Å². The fourth-order valence-corrected chi connectivity index (χ4v) is 2.90. The van der Waals surface area contributed by atoms with Crippen LogP contribution in [0.3, 0.4) is 0 Å². The van der Waals surface area contributed by atoms with Crippen LogP contribution in [0.1, 0.15) is 30.9 Å². The van der Waals surface area contributed by atoms with Gasteiger partial charge in [-0.3, -0.25) is 14.2 Å². The van der Waals surface area contributed by atoms with Crippen LogP contribution in [0.15, 0.2) is 35.9 Å². The van der Waals surface area contributed by atoms with Gasteiger partial charge in [0.15, 0.2) is 5.78 Å². The molecule has 0 N–H and O–H groups in total. The number of carbonyl (C=O) groups excluding carboxylic acids is 1. The Hall–Kier alpha value is -2.43. The van der Waals surface area contributed by atoms with Gasteiger partial charge in [0, 0.05) is 48.8 Å². The summed E-state index contributed by atoms with van der Waals surface area (Å²) in [6.07, 6.45) is 13.0. The molecule has 0 amide bonds. The second kappa shape index (κ2) is 5.75. The van der Waals surface area contributed by atoms with Crippen LogP contribution in [0.5, 0.6) is 0 Å². The van der Waals surface area contributed by atoms with Gasteiger partial charge in [-0.05, 0) is 30.9 Å². The lowest BCUT2D eigenvalue weighted by molar-refractivity contribution is -0.113. The van der Waals surface area contributed by atoms with Crippen molar-refractivity contribution in [2.45, 2.75) is 19.8 Å². The summed E-state index contributed by atoms with van der Waals surface area (Å²) in [5, 5.41) is 8.30. The zero-order valence-corrected chi connectivity index (χ0v) is 13.2. The highest BCUT2D eigenvalue weighted by Crippen LogP contribution is 2.31. The van der Waals surface area contributed by atoms with Gasteiger partial charge in [0.2, 0.25) is 0 Å². The van der Waals surface area contributed by atoms with Crippen molar-refractivity contribution in [3.05, 3.63) is 47.1 Å². The molecule has 0 radical (unpaired) electrons. The van der Waals surface area contributed by atoms with E-state index >= 15 is 0 Å². The lowest BCUT2D eigenvalue weighted by atomic mass is 9.81. The van der Waals surface area contributed by atoms with E-state index in [9.17, 15) is 4.79 Å². The molecule has 0 aromatic carbocycles. The Morgan fingerprint density at radius 3 is 1.82 bits per heavy atom. The number of aryl methyl sites for hydroxylation is 2. The van der Waals surface area contributed by atoms with Crippen molar-refractivity contribution in [2.24, 2.45) is 20.0 Å². The third kappa shape index (κ3) is 3.08. The molecule has 1 fully saturated rings. The normalized spacial score (nSPS) is 22.7. The standard InChI is InChI=1S/C17H20N4O/c1-12-4-15(6-13-8-18-20(2)10-13)17(22)16(5-12)7-14-9-19-21(3)11-14/h6-12H,4-5H2,1-3H3/b15-6-,16-7+. The average Bonchev–Trinajstić information content (AvgIpc) is 3.04. The maximum atomic E-state index is 12.7. The van der Waals surface area contributed by atoms with Gasteiger partial charge < -0.3 is 0 Å². The number of hydrogen-bond donors (Lipinski definition) is 0. The molecule has 1 atom stereocenters. The highest BCUT2D eigenvalue weighted by Gasteiger charge is 2.25. The fourth-order valence-electron chi connectivity index (χ4n) is 2.90. The van der Waals surface area contributed by atoms with E-state index in [-0.39, 0.29) is 5.78 Å². The third-order valence-corrected chi connectivity index (χ3v) is 3.85. The maximum Gasteiger partial charge on any atom is 0.185 e. The molecule has 2 aromatic heterocycles. The van der Waals surface area contributed by atoms with Crippen molar-refractivity contribution < 1.29 is 4.79 Å². The molecule has 22 heavy (non-hydrogen) atoms. The van der Waals surface area contributed by atoms with Crippen LogP contribution in [0.25, 0.3) is 12.2 Å². The molecule has 1 aliphatic rings. The molecule has 2 aromatic rings. The summed E-state index contributed by atoms with van der Waals surface area (Å²) in [4.78, 5) is 12.7.